The van der Waals surface area contributed by atoms with Crippen LogP contribution < -0.4 is 5.73 Å². The van der Waals surface area contributed by atoms with Crippen LogP contribution in [0.1, 0.15) is 71.1 Å². The number of nitrogens with two attached hydrogens (primary N) is 1. The molecule has 0 aromatic rings. The molecule has 0 aliphatic heterocycles. The van der Waals surface area contributed by atoms with Gasteiger partial charge in [-0.1, -0.05) is 32.6 Å². The fourth-order valence-corrected chi connectivity index (χ4v) is 3.44. The van der Waals surface area contributed by atoms with E-state index in [9.17, 15) is 0 Å². The summed E-state index contributed by atoms with van der Waals surface area (Å²) < 4.78 is 6.47. The highest BCUT2D eigenvalue weighted by Crippen LogP contribution is 2.35. The first-order valence-corrected chi connectivity index (χ1v) is 7.62. The Balaban J connectivity index is 1.89. The summed E-state index contributed by atoms with van der Waals surface area (Å²) in [6.07, 6.45) is 13.4. The number of hydrogen-bond donors (Lipinski definition) is 1. The second-order valence-corrected chi connectivity index (χ2v) is 6.30. The highest BCUT2D eigenvalue weighted by atomic mass is 16.5. The van der Waals surface area contributed by atoms with Crippen molar-refractivity contribution in [1.29, 1.82) is 0 Å². The molecule has 0 unspecified atom stereocenters. The Hall–Kier alpha value is -0.0800. The molecule has 0 aromatic carbocycles. The van der Waals surface area contributed by atoms with Gasteiger partial charge in [-0.15, -0.1) is 0 Å². The molecular weight excluding hydrogens is 210 g/mol. The summed E-state index contributed by atoms with van der Waals surface area (Å²) in [4.78, 5) is 0. The summed E-state index contributed by atoms with van der Waals surface area (Å²) in [6, 6.07) is 0. The standard InChI is InChI=1S/C15H29NO/c1-13-6-8-14(9-7-13)17-15(12-16)10-4-2-3-5-11-15/h13-14H,2-12,16H2,1H3. The molecule has 2 nitrogen and oxygen atoms in total. The quantitative estimate of drug-likeness (QED) is 0.763. The maximum Gasteiger partial charge on any atom is 0.0807 e. The van der Waals surface area contributed by atoms with E-state index >= 15 is 0 Å². The van der Waals surface area contributed by atoms with Crippen molar-refractivity contribution in [2.24, 2.45) is 11.7 Å². The van der Waals surface area contributed by atoms with E-state index in [0.717, 1.165) is 12.5 Å². The van der Waals surface area contributed by atoms with Gasteiger partial charge in [0.2, 0.25) is 0 Å². The van der Waals surface area contributed by atoms with Crippen LogP contribution in [0.15, 0.2) is 0 Å². The maximum atomic E-state index is 6.47. The zero-order chi connectivity index (χ0) is 12.1. The van der Waals surface area contributed by atoms with Gasteiger partial charge in [0.25, 0.3) is 0 Å². The van der Waals surface area contributed by atoms with E-state index in [-0.39, 0.29) is 5.60 Å². The Bertz CT molecular complexity index is 213. The molecule has 0 aromatic heterocycles. The fraction of sp³-hybridized carbons (Fsp3) is 1.00. The molecule has 0 bridgehead atoms. The summed E-state index contributed by atoms with van der Waals surface area (Å²) >= 11 is 0. The molecule has 0 radical (unpaired) electrons. The molecule has 17 heavy (non-hydrogen) atoms. The van der Waals surface area contributed by atoms with Crippen LogP contribution in [0.2, 0.25) is 0 Å². The molecule has 0 amide bonds. The van der Waals surface area contributed by atoms with E-state index < -0.39 is 0 Å². The van der Waals surface area contributed by atoms with Gasteiger partial charge in [-0.2, -0.15) is 0 Å². The summed E-state index contributed by atoms with van der Waals surface area (Å²) in [5, 5.41) is 0. The Labute approximate surface area is 106 Å². The highest BCUT2D eigenvalue weighted by molar-refractivity contribution is 4.86. The minimum Gasteiger partial charge on any atom is -0.370 e. The molecule has 0 heterocycles. The second-order valence-electron chi connectivity index (χ2n) is 6.30. The zero-order valence-electron chi connectivity index (χ0n) is 11.4. The lowest BCUT2D eigenvalue weighted by molar-refractivity contribution is -0.111. The summed E-state index contributed by atoms with van der Waals surface area (Å²) in [7, 11) is 0. The molecule has 2 fully saturated rings. The van der Waals surface area contributed by atoms with E-state index in [0.29, 0.717) is 6.10 Å². The fourth-order valence-electron chi connectivity index (χ4n) is 3.44. The number of ether oxygens (including phenoxy) is 1. The van der Waals surface area contributed by atoms with Crippen molar-refractivity contribution in [3.63, 3.8) is 0 Å². The van der Waals surface area contributed by atoms with Crippen molar-refractivity contribution < 1.29 is 4.74 Å². The number of rotatable bonds is 3. The van der Waals surface area contributed by atoms with Crippen LogP contribution in [0.25, 0.3) is 0 Å². The molecule has 2 N–H and O–H groups in total. The molecule has 2 aliphatic carbocycles. The first kappa shape index (κ1) is 13.4. The van der Waals surface area contributed by atoms with Gasteiger partial charge < -0.3 is 10.5 Å². The van der Waals surface area contributed by atoms with Crippen LogP contribution >= 0.6 is 0 Å². The first-order chi connectivity index (χ1) is 8.24. The lowest BCUT2D eigenvalue weighted by atomic mass is 9.87. The van der Waals surface area contributed by atoms with Crippen LogP contribution in [0.3, 0.4) is 0 Å². The summed E-state index contributed by atoms with van der Waals surface area (Å²) in [6.45, 7) is 3.08. The predicted octanol–water partition coefficient (Wildman–Crippen LogP) is 3.63. The van der Waals surface area contributed by atoms with Gasteiger partial charge in [-0.3, -0.25) is 0 Å². The summed E-state index contributed by atoms with van der Waals surface area (Å²) in [5.41, 5.74) is 6.06. The topological polar surface area (TPSA) is 35.2 Å². The minimum absolute atomic E-state index is 0.0295. The normalized spacial score (nSPS) is 34.2. The van der Waals surface area contributed by atoms with Crippen LogP contribution in [0.5, 0.6) is 0 Å². The van der Waals surface area contributed by atoms with Crippen molar-refractivity contribution in [3.8, 4) is 0 Å². The van der Waals surface area contributed by atoms with Gasteiger partial charge in [-0.25, -0.2) is 0 Å². The maximum absolute atomic E-state index is 6.47. The zero-order valence-corrected chi connectivity index (χ0v) is 11.4. The molecule has 2 heteroatoms. The summed E-state index contributed by atoms with van der Waals surface area (Å²) in [5.74, 6) is 0.901. The van der Waals surface area contributed by atoms with Crippen LogP contribution in [-0.2, 0) is 4.74 Å². The van der Waals surface area contributed by atoms with Gasteiger partial charge in [0.15, 0.2) is 0 Å². The third-order valence-electron chi connectivity index (χ3n) is 4.77. The average Bonchev–Trinajstić information content (AvgIpc) is 2.58. The molecular formula is C15H29NO. The Morgan fingerprint density at radius 2 is 1.59 bits per heavy atom. The van der Waals surface area contributed by atoms with Crippen molar-refractivity contribution in [3.05, 3.63) is 0 Å². The average molecular weight is 239 g/mol. The first-order valence-electron chi connectivity index (χ1n) is 7.62. The smallest absolute Gasteiger partial charge is 0.0807 e. The van der Waals surface area contributed by atoms with E-state index in [1.165, 1.54) is 64.2 Å². The van der Waals surface area contributed by atoms with E-state index in [4.69, 9.17) is 10.5 Å². The third-order valence-corrected chi connectivity index (χ3v) is 4.77. The van der Waals surface area contributed by atoms with Gasteiger partial charge in [0.05, 0.1) is 11.7 Å². The Kier molecular flexibility index (Phi) is 4.87. The molecule has 2 rings (SSSR count). The predicted molar refractivity (Wildman–Crippen MR) is 72.0 cm³/mol. The highest BCUT2D eigenvalue weighted by Gasteiger charge is 2.34. The van der Waals surface area contributed by atoms with Crippen molar-refractivity contribution in [2.75, 3.05) is 6.54 Å². The number of hydrogen-bond acceptors (Lipinski definition) is 2. The van der Waals surface area contributed by atoms with Crippen molar-refractivity contribution in [2.45, 2.75) is 82.8 Å². The van der Waals surface area contributed by atoms with Crippen LogP contribution in [-0.4, -0.2) is 18.2 Å². The lowest BCUT2D eigenvalue weighted by Crippen LogP contribution is -2.44. The largest absolute Gasteiger partial charge is 0.370 e. The van der Waals surface area contributed by atoms with Gasteiger partial charge in [0, 0.05) is 6.54 Å². The Morgan fingerprint density at radius 3 is 2.12 bits per heavy atom. The SMILES string of the molecule is CC1CCC(OC2(CN)CCCCCC2)CC1. The van der Waals surface area contributed by atoms with Crippen LogP contribution in [0, 0.1) is 5.92 Å². The van der Waals surface area contributed by atoms with E-state index in [1.807, 2.05) is 0 Å². The lowest BCUT2D eigenvalue weighted by Gasteiger charge is -2.38. The van der Waals surface area contributed by atoms with E-state index in [1.54, 1.807) is 0 Å². The monoisotopic (exact) mass is 239 g/mol. The molecule has 2 saturated carbocycles. The van der Waals surface area contributed by atoms with Crippen LogP contribution in [0.4, 0.5) is 0 Å². The van der Waals surface area contributed by atoms with E-state index in [2.05, 4.69) is 6.92 Å². The third kappa shape index (κ3) is 3.69. The Morgan fingerprint density at radius 1 is 1.00 bits per heavy atom. The molecule has 2 aliphatic rings. The van der Waals surface area contributed by atoms with Gasteiger partial charge in [-0.05, 0) is 44.4 Å². The van der Waals surface area contributed by atoms with Gasteiger partial charge >= 0.3 is 0 Å². The molecule has 0 atom stereocenters. The molecule has 0 spiro atoms. The van der Waals surface area contributed by atoms with Gasteiger partial charge in [0.1, 0.15) is 0 Å². The van der Waals surface area contributed by atoms with Crippen molar-refractivity contribution >= 4 is 0 Å². The van der Waals surface area contributed by atoms with Crippen molar-refractivity contribution in [1.82, 2.24) is 0 Å². The second kappa shape index (κ2) is 6.19. The minimum atomic E-state index is 0.0295. The molecule has 0 saturated heterocycles. The molecule has 100 valence electrons.